The molecule has 172 valence electrons. The molecular weight excluding hydrogens is 436 g/mol. The van der Waals surface area contributed by atoms with E-state index in [9.17, 15) is 8.42 Å². The van der Waals surface area contributed by atoms with E-state index < -0.39 is 10.0 Å². The maximum atomic E-state index is 11.4. The van der Waals surface area contributed by atoms with Crippen LogP contribution < -0.4 is 16.0 Å². The Labute approximate surface area is 193 Å². The highest BCUT2D eigenvalue weighted by molar-refractivity contribution is 7.89. The first kappa shape index (κ1) is 22.9. The van der Waals surface area contributed by atoms with E-state index in [1.54, 1.807) is 17.1 Å². The summed E-state index contributed by atoms with van der Waals surface area (Å²) in [6.07, 6.45) is 2.15. The first-order chi connectivity index (χ1) is 15.6. The first-order valence-electron chi connectivity index (χ1n) is 10.7. The van der Waals surface area contributed by atoms with Crippen molar-refractivity contribution in [1.82, 2.24) is 14.5 Å². The molecule has 0 aliphatic heterocycles. The van der Waals surface area contributed by atoms with E-state index in [-0.39, 0.29) is 10.9 Å². The SMILES string of the molecule is Cc1ccc(-c2cc3c(N(N)CCc4ccc(S(N)(=O)=O)cc4)ncnc3n2C(C)C)cc1. The summed E-state index contributed by atoms with van der Waals surface area (Å²) in [5, 5.41) is 7.67. The molecule has 4 rings (SSSR count). The highest BCUT2D eigenvalue weighted by atomic mass is 32.2. The van der Waals surface area contributed by atoms with Crippen LogP contribution in [0.5, 0.6) is 0 Å². The van der Waals surface area contributed by atoms with Crippen molar-refractivity contribution in [2.75, 3.05) is 11.6 Å². The summed E-state index contributed by atoms with van der Waals surface area (Å²) < 4.78 is 25.1. The first-order valence-corrected chi connectivity index (χ1v) is 12.3. The molecule has 0 atom stereocenters. The average Bonchev–Trinajstić information content (AvgIpc) is 3.17. The number of nitrogens with zero attached hydrogens (tertiary/aromatic N) is 4. The third-order valence-electron chi connectivity index (χ3n) is 5.64. The van der Waals surface area contributed by atoms with Crippen LogP contribution in [-0.4, -0.2) is 29.5 Å². The predicted octanol–water partition coefficient (Wildman–Crippen LogP) is 3.56. The summed E-state index contributed by atoms with van der Waals surface area (Å²) >= 11 is 0. The number of anilines is 1. The predicted molar refractivity (Wildman–Crippen MR) is 131 cm³/mol. The van der Waals surface area contributed by atoms with Crippen molar-refractivity contribution in [1.29, 1.82) is 0 Å². The lowest BCUT2D eigenvalue weighted by atomic mass is 10.1. The molecule has 0 unspecified atom stereocenters. The summed E-state index contributed by atoms with van der Waals surface area (Å²) in [4.78, 5) is 9.12. The zero-order chi connectivity index (χ0) is 23.8. The van der Waals surface area contributed by atoms with Crippen molar-refractivity contribution in [3.05, 3.63) is 72.1 Å². The van der Waals surface area contributed by atoms with Crippen LogP contribution >= 0.6 is 0 Å². The second-order valence-electron chi connectivity index (χ2n) is 8.43. The summed E-state index contributed by atoms with van der Waals surface area (Å²) in [5.74, 6) is 7.07. The zero-order valence-electron chi connectivity index (χ0n) is 18.9. The second-order valence-corrected chi connectivity index (χ2v) is 9.99. The molecule has 0 saturated heterocycles. The van der Waals surface area contributed by atoms with Crippen LogP contribution in [0.2, 0.25) is 0 Å². The molecule has 0 aliphatic carbocycles. The van der Waals surface area contributed by atoms with Gasteiger partial charge in [-0.15, -0.1) is 0 Å². The topological polar surface area (TPSA) is 120 Å². The molecule has 0 saturated carbocycles. The Morgan fingerprint density at radius 3 is 2.30 bits per heavy atom. The lowest BCUT2D eigenvalue weighted by molar-refractivity contribution is 0.597. The number of nitrogens with two attached hydrogens (primary N) is 2. The van der Waals surface area contributed by atoms with E-state index in [1.807, 2.05) is 0 Å². The van der Waals surface area contributed by atoms with Crippen molar-refractivity contribution in [2.45, 2.75) is 38.1 Å². The van der Waals surface area contributed by atoms with E-state index >= 15 is 0 Å². The lowest BCUT2D eigenvalue weighted by Crippen LogP contribution is -2.33. The van der Waals surface area contributed by atoms with Crippen molar-refractivity contribution in [3.8, 4) is 11.3 Å². The minimum atomic E-state index is -3.71. The number of hydrogen-bond acceptors (Lipinski definition) is 6. The Balaban J connectivity index is 1.65. The molecule has 2 heterocycles. The monoisotopic (exact) mass is 464 g/mol. The maximum Gasteiger partial charge on any atom is 0.238 e. The van der Waals surface area contributed by atoms with Crippen LogP contribution in [-0.2, 0) is 16.4 Å². The van der Waals surface area contributed by atoms with Crippen LogP contribution in [0.4, 0.5) is 5.82 Å². The van der Waals surface area contributed by atoms with Crippen LogP contribution in [0, 0.1) is 6.92 Å². The largest absolute Gasteiger partial charge is 0.323 e. The highest BCUT2D eigenvalue weighted by Crippen LogP contribution is 2.34. The maximum absolute atomic E-state index is 11.4. The van der Waals surface area contributed by atoms with Crippen LogP contribution in [0.3, 0.4) is 0 Å². The minimum absolute atomic E-state index is 0.0898. The number of hydrazine groups is 1. The standard InChI is InChI=1S/C24H28N6O2S/c1-16(2)30-22(19-8-4-17(3)5-9-19)14-21-23(27-15-28-24(21)30)29(25)13-12-18-6-10-20(11-7-18)33(26,31)32/h4-11,14-16H,12-13,25H2,1-3H3,(H2,26,31,32). The Hall–Kier alpha value is -3.27. The summed E-state index contributed by atoms with van der Waals surface area (Å²) in [6, 6.07) is 17.2. The van der Waals surface area contributed by atoms with Crippen LogP contribution in [0.1, 0.15) is 31.0 Å². The van der Waals surface area contributed by atoms with E-state index in [1.165, 1.54) is 24.0 Å². The van der Waals surface area contributed by atoms with Gasteiger partial charge in [0.1, 0.15) is 12.0 Å². The van der Waals surface area contributed by atoms with Gasteiger partial charge in [-0.05, 0) is 56.5 Å². The molecule has 33 heavy (non-hydrogen) atoms. The van der Waals surface area contributed by atoms with Gasteiger partial charge < -0.3 is 4.57 Å². The Morgan fingerprint density at radius 2 is 1.70 bits per heavy atom. The van der Waals surface area contributed by atoms with Crippen molar-refractivity contribution < 1.29 is 8.42 Å². The number of sulfonamides is 1. The van der Waals surface area contributed by atoms with Crippen LogP contribution in [0.15, 0.2) is 65.8 Å². The summed E-state index contributed by atoms with van der Waals surface area (Å²) in [6.45, 7) is 6.82. The molecule has 9 heteroatoms. The number of benzene rings is 2. The Bertz CT molecular complexity index is 1380. The molecule has 4 N–H and O–H groups in total. The quantitative estimate of drug-likeness (QED) is 0.319. The van der Waals surface area contributed by atoms with E-state index in [0.717, 1.165) is 27.9 Å². The van der Waals surface area contributed by atoms with E-state index in [2.05, 4.69) is 65.6 Å². The van der Waals surface area contributed by atoms with Crippen molar-refractivity contribution in [3.63, 3.8) is 0 Å². The van der Waals surface area contributed by atoms with Gasteiger partial charge in [-0.2, -0.15) is 0 Å². The van der Waals surface area contributed by atoms with Gasteiger partial charge in [-0.1, -0.05) is 42.0 Å². The molecule has 0 fully saturated rings. The van der Waals surface area contributed by atoms with Crippen molar-refractivity contribution >= 4 is 26.9 Å². The van der Waals surface area contributed by atoms with E-state index in [4.69, 9.17) is 11.0 Å². The van der Waals surface area contributed by atoms with Gasteiger partial charge in [0.2, 0.25) is 10.0 Å². The van der Waals surface area contributed by atoms with Gasteiger partial charge >= 0.3 is 0 Å². The Morgan fingerprint density at radius 1 is 1.03 bits per heavy atom. The fourth-order valence-electron chi connectivity index (χ4n) is 3.92. The number of hydrogen-bond donors (Lipinski definition) is 2. The molecule has 0 amide bonds. The van der Waals surface area contributed by atoms with Crippen LogP contribution in [0.25, 0.3) is 22.3 Å². The number of fused-ring (bicyclic) bond motifs is 1. The molecular formula is C24H28N6O2S. The zero-order valence-corrected chi connectivity index (χ0v) is 19.7. The normalized spacial score (nSPS) is 11.9. The number of aryl methyl sites for hydroxylation is 1. The van der Waals surface area contributed by atoms with Gasteiger partial charge in [-0.3, -0.25) is 5.01 Å². The average molecular weight is 465 g/mol. The summed E-state index contributed by atoms with van der Waals surface area (Å²) in [5.41, 5.74) is 5.16. The molecule has 4 aromatic rings. The molecule has 0 bridgehead atoms. The fraction of sp³-hybridized carbons (Fsp3) is 0.250. The van der Waals surface area contributed by atoms with Gasteiger partial charge in [0.05, 0.1) is 16.0 Å². The molecule has 2 aromatic carbocycles. The smallest absolute Gasteiger partial charge is 0.238 e. The fourth-order valence-corrected chi connectivity index (χ4v) is 4.43. The summed E-state index contributed by atoms with van der Waals surface area (Å²) in [7, 11) is -3.71. The number of rotatable bonds is 7. The van der Waals surface area contributed by atoms with Gasteiger partial charge in [0.15, 0.2) is 5.82 Å². The van der Waals surface area contributed by atoms with Gasteiger partial charge in [0, 0.05) is 12.6 Å². The molecule has 0 aliphatic rings. The Kier molecular flexibility index (Phi) is 6.20. The van der Waals surface area contributed by atoms with Crippen molar-refractivity contribution in [2.24, 2.45) is 11.0 Å². The second kappa shape index (κ2) is 8.93. The molecule has 0 radical (unpaired) electrons. The minimum Gasteiger partial charge on any atom is -0.323 e. The van der Waals surface area contributed by atoms with E-state index in [0.29, 0.717) is 18.8 Å². The molecule has 8 nitrogen and oxygen atoms in total. The lowest BCUT2D eigenvalue weighted by Gasteiger charge is -2.19. The molecule has 0 spiro atoms. The third-order valence-corrected chi connectivity index (χ3v) is 6.57. The highest BCUT2D eigenvalue weighted by Gasteiger charge is 2.19. The molecule has 2 aromatic heterocycles. The third kappa shape index (κ3) is 4.75. The van der Waals surface area contributed by atoms with Gasteiger partial charge in [0.25, 0.3) is 0 Å². The number of primary sulfonamides is 1. The van der Waals surface area contributed by atoms with Gasteiger partial charge in [-0.25, -0.2) is 29.4 Å². The number of aromatic nitrogens is 3.